The van der Waals surface area contributed by atoms with Crippen LogP contribution in [0.2, 0.25) is 0 Å². The fourth-order valence-electron chi connectivity index (χ4n) is 2.07. The van der Waals surface area contributed by atoms with Crippen molar-refractivity contribution in [3.05, 3.63) is 58.3 Å². The summed E-state index contributed by atoms with van der Waals surface area (Å²) in [5.41, 5.74) is 1.10. The first-order chi connectivity index (χ1) is 11.2. The molecule has 0 unspecified atom stereocenters. The highest BCUT2D eigenvalue weighted by Gasteiger charge is 2.14. The van der Waals surface area contributed by atoms with E-state index in [-0.39, 0.29) is 6.54 Å². The molecule has 0 bridgehead atoms. The third kappa shape index (κ3) is 5.84. The topological polar surface area (TPSA) is 78.4 Å². The van der Waals surface area contributed by atoms with Gasteiger partial charge in [-0.3, -0.25) is 9.59 Å². The molecule has 0 radical (unpaired) electrons. The largest absolute Gasteiger partial charge is 0.388 e. The summed E-state index contributed by atoms with van der Waals surface area (Å²) in [5, 5.41) is 16.9. The minimum absolute atomic E-state index is 0.254. The molecule has 2 rings (SSSR count). The molecule has 6 heteroatoms. The molecule has 0 saturated heterocycles. The van der Waals surface area contributed by atoms with Crippen molar-refractivity contribution < 1.29 is 14.7 Å². The third-order valence-corrected chi connectivity index (χ3v) is 4.30. The predicted octanol–water partition coefficient (Wildman–Crippen LogP) is 1.65. The average molecular weight is 332 g/mol. The number of hydrogen-bond donors (Lipinski definition) is 3. The van der Waals surface area contributed by atoms with Crippen LogP contribution in [0.15, 0.2) is 47.8 Å². The Morgan fingerprint density at radius 3 is 2.35 bits per heavy atom. The first-order valence-electron chi connectivity index (χ1n) is 7.48. The van der Waals surface area contributed by atoms with Gasteiger partial charge in [-0.1, -0.05) is 36.4 Å². The summed E-state index contributed by atoms with van der Waals surface area (Å²) >= 11 is 1.46. The number of carbonyl (C=O) groups excluding carboxylic acids is 2. The number of carbonyl (C=O) groups is 2. The van der Waals surface area contributed by atoms with Crippen molar-refractivity contribution in [1.82, 2.24) is 10.6 Å². The third-order valence-electron chi connectivity index (χ3n) is 3.32. The van der Waals surface area contributed by atoms with Crippen molar-refractivity contribution >= 4 is 23.2 Å². The van der Waals surface area contributed by atoms with Crippen LogP contribution in [-0.2, 0) is 16.0 Å². The van der Waals surface area contributed by atoms with E-state index in [1.54, 1.807) is 0 Å². The van der Waals surface area contributed by atoms with E-state index in [1.165, 1.54) is 11.3 Å². The summed E-state index contributed by atoms with van der Waals surface area (Å²) in [6.07, 6.45) is 0.442. The Morgan fingerprint density at radius 2 is 1.70 bits per heavy atom. The van der Waals surface area contributed by atoms with Crippen LogP contribution in [0.25, 0.3) is 0 Å². The van der Waals surface area contributed by atoms with Gasteiger partial charge in [0, 0.05) is 18.0 Å². The molecule has 2 aromatic rings. The highest BCUT2D eigenvalue weighted by atomic mass is 32.1. The molecule has 1 aromatic heterocycles. The zero-order valence-corrected chi connectivity index (χ0v) is 13.5. The molecule has 23 heavy (non-hydrogen) atoms. The number of amides is 2. The van der Waals surface area contributed by atoms with Crippen LogP contribution in [0.1, 0.15) is 23.0 Å². The molecule has 5 nitrogen and oxygen atoms in total. The minimum Gasteiger partial charge on any atom is -0.388 e. The fourth-order valence-corrected chi connectivity index (χ4v) is 2.82. The number of rotatable bonds is 7. The van der Waals surface area contributed by atoms with Crippen molar-refractivity contribution in [2.45, 2.75) is 18.9 Å². The summed E-state index contributed by atoms with van der Waals surface area (Å²) in [4.78, 5) is 24.2. The zero-order valence-electron chi connectivity index (χ0n) is 12.7. The molecule has 0 aliphatic carbocycles. The second-order valence-corrected chi connectivity index (χ2v) is 6.05. The van der Waals surface area contributed by atoms with Gasteiger partial charge in [-0.2, -0.15) is 0 Å². The summed E-state index contributed by atoms with van der Waals surface area (Å²) < 4.78 is 0. The van der Waals surface area contributed by atoms with Crippen LogP contribution in [0, 0.1) is 0 Å². The fraction of sp³-hybridized carbons (Fsp3) is 0.294. The lowest BCUT2D eigenvalue weighted by Gasteiger charge is -2.10. The van der Waals surface area contributed by atoms with Gasteiger partial charge in [0.05, 0.1) is 6.10 Å². The lowest BCUT2D eigenvalue weighted by Crippen LogP contribution is -2.41. The van der Waals surface area contributed by atoms with Crippen LogP contribution in [-0.4, -0.2) is 30.0 Å². The van der Waals surface area contributed by atoms with E-state index in [1.807, 2.05) is 47.8 Å². The Morgan fingerprint density at radius 1 is 1.00 bits per heavy atom. The zero-order chi connectivity index (χ0) is 16.5. The highest BCUT2D eigenvalue weighted by Crippen LogP contribution is 2.20. The van der Waals surface area contributed by atoms with Crippen molar-refractivity contribution in [1.29, 1.82) is 0 Å². The number of benzene rings is 1. The minimum atomic E-state index is -0.670. The molecule has 2 amide bonds. The van der Waals surface area contributed by atoms with Crippen molar-refractivity contribution in [2.24, 2.45) is 0 Å². The molecule has 0 aliphatic rings. The molecule has 1 atom stereocenters. The van der Waals surface area contributed by atoms with E-state index in [4.69, 9.17) is 0 Å². The predicted molar refractivity (Wildman–Crippen MR) is 90.1 cm³/mol. The maximum Gasteiger partial charge on any atom is 0.309 e. The first kappa shape index (κ1) is 17.2. The van der Waals surface area contributed by atoms with Crippen molar-refractivity contribution in [3.63, 3.8) is 0 Å². The molecule has 0 fully saturated rings. The molecule has 1 heterocycles. The molecule has 0 aliphatic heterocycles. The smallest absolute Gasteiger partial charge is 0.309 e. The van der Waals surface area contributed by atoms with E-state index in [2.05, 4.69) is 10.6 Å². The molecule has 0 spiro atoms. The number of hydrogen-bond acceptors (Lipinski definition) is 4. The van der Waals surface area contributed by atoms with Gasteiger partial charge >= 0.3 is 11.8 Å². The van der Waals surface area contributed by atoms with Gasteiger partial charge in [0.1, 0.15) is 0 Å². The Hall–Kier alpha value is -2.18. The first-order valence-corrected chi connectivity index (χ1v) is 8.36. The van der Waals surface area contributed by atoms with Gasteiger partial charge in [-0.25, -0.2) is 0 Å². The van der Waals surface area contributed by atoms with Crippen LogP contribution in [0.5, 0.6) is 0 Å². The highest BCUT2D eigenvalue weighted by molar-refractivity contribution is 7.10. The number of thiophene rings is 1. The lowest BCUT2D eigenvalue weighted by molar-refractivity contribution is -0.139. The molecular weight excluding hydrogens is 312 g/mol. The van der Waals surface area contributed by atoms with Crippen LogP contribution >= 0.6 is 11.3 Å². The average Bonchev–Trinajstić information content (AvgIpc) is 3.10. The monoisotopic (exact) mass is 332 g/mol. The Labute approximate surface area is 139 Å². The molecule has 1 aromatic carbocycles. The number of aliphatic hydroxyl groups excluding tert-OH is 1. The Bertz CT molecular complexity index is 614. The van der Waals surface area contributed by atoms with E-state index in [9.17, 15) is 14.7 Å². The summed E-state index contributed by atoms with van der Waals surface area (Å²) in [7, 11) is 0. The molecular formula is C17H20N2O3S. The summed E-state index contributed by atoms with van der Waals surface area (Å²) in [6.45, 7) is 0.665. The quantitative estimate of drug-likeness (QED) is 0.675. The number of nitrogens with one attached hydrogen (secondary N) is 2. The maximum absolute atomic E-state index is 11.7. The molecule has 3 N–H and O–H groups in total. The number of aliphatic hydroxyl groups is 1. The molecule has 122 valence electrons. The van der Waals surface area contributed by atoms with Crippen LogP contribution < -0.4 is 10.6 Å². The van der Waals surface area contributed by atoms with E-state index in [0.717, 1.165) is 10.4 Å². The Balaban J connectivity index is 1.62. The second kappa shape index (κ2) is 9.07. The van der Waals surface area contributed by atoms with Crippen molar-refractivity contribution in [2.75, 3.05) is 13.1 Å². The van der Waals surface area contributed by atoms with Crippen molar-refractivity contribution in [3.8, 4) is 0 Å². The van der Waals surface area contributed by atoms with Gasteiger partial charge in [0.25, 0.3) is 0 Å². The van der Waals surface area contributed by atoms with E-state index in [0.29, 0.717) is 19.4 Å². The van der Waals surface area contributed by atoms with Gasteiger partial charge in [-0.15, -0.1) is 11.3 Å². The van der Waals surface area contributed by atoms with Crippen LogP contribution in [0.3, 0.4) is 0 Å². The van der Waals surface area contributed by atoms with Gasteiger partial charge in [0.2, 0.25) is 0 Å². The lowest BCUT2D eigenvalue weighted by atomic mass is 10.1. The van der Waals surface area contributed by atoms with E-state index >= 15 is 0 Å². The van der Waals surface area contributed by atoms with E-state index < -0.39 is 17.9 Å². The van der Waals surface area contributed by atoms with Gasteiger partial charge in [-0.05, 0) is 29.9 Å². The maximum atomic E-state index is 11.7. The summed E-state index contributed by atoms with van der Waals surface area (Å²) in [6, 6.07) is 13.4. The SMILES string of the molecule is O=C(NCCc1ccccc1)C(=O)NCC[C@@H](O)c1cccs1. The standard InChI is InChI=1S/C17H20N2O3S/c20-14(15-7-4-12-23-15)9-11-19-17(22)16(21)18-10-8-13-5-2-1-3-6-13/h1-7,12,14,20H,8-11H2,(H,18,21)(H,19,22)/t14-/m1/s1. The molecule has 0 saturated carbocycles. The van der Waals surface area contributed by atoms with Crippen LogP contribution in [0.4, 0.5) is 0 Å². The normalized spacial score (nSPS) is 11.7. The Kier molecular flexibility index (Phi) is 6.77. The summed E-state index contributed by atoms with van der Waals surface area (Å²) in [5.74, 6) is -1.32. The second-order valence-electron chi connectivity index (χ2n) is 5.07. The van der Waals surface area contributed by atoms with Gasteiger partial charge in [0.15, 0.2) is 0 Å². The van der Waals surface area contributed by atoms with Gasteiger partial charge < -0.3 is 15.7 Å².